The summed E-state index contributed by atoms with van der Waals surface area (Å²) in [6, 6.07) is 16.0. The van der Waals surface area contributed by atoms with Crippen LogP contribution in [0.5, 0.6) is 0 Å². The van der Waals surface area contributed by atoms with Gasteiger partial charge in [-0.25, -0.2) is 18.1 Å². The topological polar surface area (TPSA) is 119 Å². The van der Waals surface area contributed by atoms with Crippen LogP contribution in [0.3, 0.4) is 0 Å². The Hall–Kier alpha value is -3.01. The number of aromatic nitrogens is 1. The number of fused-ring (bicyclic) bond motifs is 1. The molecule has 0 saturated heterocycles. The van der Waals surface area contributed by atoms with Crippen LogP contribution in [0.15, 0.2) is 64.5 Å². The Morgan fingerprint density at radius 2 is 1.79 bits per heavy atom. The number of benzene rings is 2. The van der Waals surface area contributed by atoms with E-state index in [1.165, 1.54) is 0 Å². The summed E-state index contributed by atoms with van der Waals surface area (Å²) in [5, 5.41) is 4.31. The summed E-state index contributed by atoms with van der Waals surface area (Å²) in [7, 11) is -3.53. The van der Waals surface area contributed by atoms with Gasteiger partial charge in [0.2, 0.25) is 10.0 Å². The zero-order valence-corrected chi connectivity index (χ0v) is 19.6. The van der Waals surface area contributed by atoms with Crippen LogP contribution in [-0.4, -0.2) is 45.9 Å². The normalized spacial score (nSPS) is 11.9. The molecule has 8 nitrogen and oxygen atoms in total. The van der Waals surface area contributed by atoms with Crippen molar-refractivity contribution in [2.75, 3.05) is 37.4 Å². The first-order valence-electron chi connectivity index (χ1n) is 11.1. The third-order valence-electron chi connectivity index (χ3n) is 4.94. The molecule has 3 rings (SSSR count). The molecule has 0 aliphatic heterocycles. The van der Waals surface area contributed by atoms with Gasteiger partial charge in [-0.2, -0.15) is 0 Å². The average molecular weight is 470 g/mol. The van der Waals surface area contributed by atoms with Gasteiger partial charge in [-0.05, 0) is 31.0 Å². The molecule has 2 aromatic carbocycles. The van der Waals surface area contributed by atoms with Gasteiger partial charge in [-0.15, -0.1) is 0 Å². The maximum Gasteiger partial charge on any atom is 0.240 e. The molecule has 1 aromatic heterocycles. The molecule has 0 radical (unpaired) electrons. The highest BCUT2D eigenvalue weighted by molar-refractivity contribution is 7.89. The third-order valence-corrected chi connectivity index (χ3v) is 6.42. The molecule has 0 saturated carbocycles. The lowest BCUT2D eigenvalue weighted by atomic mass is 10.1. The quantitative estimate of drug-likeness (QED) is 0.256. The highest BCUT2D eigenvalue weighted by Gasteiger charge is 2.13. The zero-order valence-electron chi connectivity index (χ0n) is 18.8. The van der Waals surface area contributed by atoms with E-state index in [2.05, 4.69) is 26.9 Å². The van der Waals surface area contributed by atoms with Crippen molar-refractivity contribution in [3.63, 3.8) is 0 Å². The van der Waals surface area contributed by atoms with E-state index in [1.54, 1.807) is 30.3 Å². The molecule has 33 heavy (non-hydrogen) atoms. The van der Waals surface area contributed by atoms with E-state index in [-0.39, 0.29) is 18.0 Å². The van der Waals surface area contributed by atoms with Crippen molar-refractivity contribution in [1.82, 2.24) is 9.71 Å². The first-order chi connectivity index (χ1) is 16.0. The highest BCUT2D eigenvalue weighted by atomic mass is 32.2. The largest absolute Gasteiger partial charge is 0.382 e. The summed E-state index contributed by atoms with van der Waals surface area (Å²) in [6.07, 6.45) is 4.92. The number of rotatable bonds is 13. The number of pyridine rings is 1. The van der Waals surface area contributed by atoms with Crippen molar-refractivity contribution in [3.05, 3.63) is 54.6 Å². The lowest BCUT2D eigenvalue weighted by Crippen LogP contribution is -2.28. The van der Waals surface area contributed by atoms with Gasteiger partial charge in [-0.1, -0.05) is 49.7 Å². The lowest BCUT2D eigenvalue weighted by molar-refractivity contribution is 0.149. The van der Waals surface area contributed by atoms with Gasteiger partial charge in [0.15, 0.2) is 5.82 Å². The Kier molecular flexibility index (Phi) is 9.17. The van der Waals surface area contributed by atoms with Crippen molar-refractivity contribution in [2.24, 2.45) is 4.99 Å². The van der Waals surface area contributed by atoms with Gasteiger partial charge in [-0.3, -0.25) is 4.99 Å². The molecule has 9 heteroatoms. The molecule has 0 spiro atoms. The summed E-state index contributed by atoms with van der Waals surface area (Å²) in [6.45, 7) is 3.49. The van der Waals surface area contributed by atoms with Crippen LogP contribution in [0.1, 0.15) is 26.2 Å². The maximum atomic E-state index is 12.2. The van der Waals surface area contributed by atoms with Crippen molar-refractivity contribution >= 4 is 44.3 Å². The Labute approximate surface area is 195 Å². The summed E-state index contributed by atoms with van der Waals surface area (Å²) in [4.78, 5) is 9.30. The average Bonchev–Trinajstić information content (AvgIpc) is 2.82. The second-order valence-electron chi connectivity index (χ2n) is 7.44. The molecule has 1 heterocycles. The predicted molar refractivity (Wildman–Crippen MR) is 135 cm³/mol. The molecule has 176 valence electrons. The number of nitrogens with one attached hydrogen (secondary N) is 2. The van der Waals surface area contributed by atoms with Gasteiger partial charge in [0.05, 0.1) is 29.3 Å². The molecule has 0 atom stereocenters. The SMILES string of the molecule is CCCCC=Nc1c(N)nc2ccccc2c1NCCOCCNS(=O)(=O)c1ccccc1. The maximum absolute atomic E-state index is 12.2. The molecular formula is C24H31N5O3S. The smallest absolute Gasteiger partial charge is 0.240 e. The van der Waals surface area contributed by atoms with Crippen LogP contribution in [0.25, 0.3) is 10.9 Å². The molecule has 0 aliphatic rings. The molecule has 0 unspecified atom stereocenters. The van der Waals surface area contributed by atoms with Crippen molar-refractivity contribution in [3.8, 4) is 0 Å². The van der Waals surface area contributed by atoms with Gasteiger partial charge in [0.25, 0.3) is 0 Å². The third kappa shape index (κ3) is 6.98. The molecule has 0 amide bonds. The molecule has 3 aromatic rings. The summed E-state index contributed by atoms with van der Waals surface area (Å²) in [5.74, 6) is 0.375. The van der Waals surface area contributed by atoms with Crippen molar-refractivity contribution in [2.45, 2.75) is 31.1 Å². The fourth-order valence-electron chi connectivity index (χ4n) is 3.26. The number of anilines is 2. The molecule has 0 aliphatic carbocycles. The number of aliphatic imine (C=N–C) groups is 1. The minimum atomic E-state index is -3.53. The first-order valence-corrected chi connectivity index (χ1v) is 12.6. The number of sulfonamides is 1. The Morgan fingerprint density at radius 1 is 1.06 bits per heavy atom. The van der Waals surface area contributed by atoms with E-state index < -0.39 is 10.0 Å². The van der Waals surface area contributed by atoms with Crippen LogP contribution in [-0.2, 0) is 14.8 Å². The Morgan fingerprint density at radius 3 is 2.58 bits per heavy atom. The number of hydrogen-bond acceptors (Lipinski definition) is 7. The number of nitrogen functional groups attached to an aromatic ring is 1. The predicted octanol–water partition coefficient (Wildman–Crippen LogP) is 4.12. The van der Waals surface area contributed by atoms with Crippen molar-refractivity contribution in [1.29, 1.82) is 0 Å². The van der Waals surface area contributed by atoms with Crippen LogP contribution in [0, 0.1) is 0 Å². The number of ether oxygens (including phenoxy) is 1. The fourth-order valence-corrected chi connectivity index (χ4v) is 4.30. The van der Waals surface area contributed by atoms with E-state index in [0.717, 1.165) is 35.9 Å². The number of nitrogens with two attached hydrogens (primary N) is 1. The second-order valence-corrected chi connectivity index (χ2v) is 9.21. The Balaban J connectivity index is 1.55. The minimum absolute atomic E-state index is 0.190. The highest BCUT2D eigenvalue weighted by Crippen LogP contribution is 2.36. The fraction of sp³-hybridized carbons (Fsp3) is 0.333. The first kappa shape index (κ1) is 24.6. The van der Waals surface area contributed by atoms with Crippen LogP contribution in [0.2, 0.25) is 0 Å². The lowest BCUT2D eigenvalue weighted by Gasteiger charge is -2.14. The van der Waals surface area contributed by atoms with Gasteiger partial charge < -0.3 is 15.8 Å². The summed E-state index contributed by atoms with van der Waals surface area (Å²) >= 11 is 0. The standard InChI is InChI=1S/C24H31N5O3S/c1-2-3-9-14-26-23-22(20-12-7-8-13-21(20)29-24(23)25)27-15-17-32-18-16-28-33(30,31)19-10-5-4-6-11-19/h4-8,10-14,28H,2-3,9,15-18H2,1H3,(H3,25,27,29). The van der Waals surface area contributed by atoms with Crippen LogP contribution in [0.4, 0.5) is 17.2 Å². The second kappa shape index (κ2) is 12.3. The zero-order chi connectivity index (χ0) is 23.5. The van der Waals surface area contributed by atoms with E-state index in [0.29, 0.717) is 24.7 Å². The van der Waals surface area contributed by atoms with E-state index in [9.17, 15) is 8.42 Å². The van der Waals surface area contributed by atoms with Crippen LogP contribution >= 0.6 is 0 Å². The molecule has 4 N–H and O–H groups in total. The summed E-state index contributed by atoms with van der Waals surface area (Å²) in [5.41, 5.74) is 8.44. The summed E-state index contributed by atoms with van der Waals surface area (Å²) < 4.78 is 32.6. The minimum Gasteiger partial charge on any atom is -0.382 e. The van der Waals surface area contributed by atoms with E-state index >= 15 is 0 Å². The number of hydrogen-bond donors (Lipinski definition) is 3. The van der Waals surface area contributed by atoms with Gasteiger partial charge >= 0.3 is 0 Å². The molecule has 0 bridgehead atoms. The molecular weight excluding hydrogens is 438 g/mol. The Bertz CT molecular complexity index is 1170. The number of nitrogens with zero attached hydrogens (tertiary/aromatic N) is 2. The van der Waals surface area contributed by atoms with E-state index in [1.807, 2.05) is 30.5 Å². The van der Waals surface area contributed by atoms with Crippen LogP contribution < -0.4 is 15.8 Å². The van der Waals surface area contributed by atoms with E-state index in [4.69, 9.17) is 10.5 Å². The van der Waals surface area contributed by atoms with Gasteiger partial charge in [0.1, 0.15) is 5.69 Å². The number of unbranched alkanes of at least 4 members (excludes halogenated alkanes) is 2. The number of para-hydroxylation sites is 1. The van der Waals surface area contributed by atoms with Gasteiger partial charge in [0, 0.05) is 24.7 Å². The molecule has 0 fully saturated rings. The monoisotopic (exact) mass is 469 g/mol. The van der Waals surface area contributed by atoms with Crippen molar-refractivity contribution < 1.29 is 13.2 Å².